The third kappa shape index (κ3) is 2.63. The molecule has 0 fully saturated rings. The summed E-state index contributed by atoms with van der Waals surface area (Å²) in [6.45, 7) is 1.82. The molecule has 17 heavy (non-hydrogen) atoms. The molecule has 0 saturated carbocycles. The van der Waals surface area contributed by atoms with Crippen molar-refractivity contribution >= 4 is 5.91 Å². The fourth-order valence-corrected chi connectivity index (χ4v) is 1.44. The van der Waals surface area contributed by atoms with Crippen molar-refractivity contribution in [2.24, 2.45) is 0 Å². The van der Waals surface area contributed by atoms with Gasteiger partial charge in [-0.3, -0.25) is 9.59 Å². The number of aromatic amines is 1. The molecule has 0 aliphatic rings. The van der Waals surface area contributed by atoms with E-state index in [2.05, 4.69) is 10.3 Å². The van der Waals surface area contributed by atoms with E-state index >= 15 is 0 Å². The number of hydrogen-bond donors (Lipinski definition) is 2. The van der Waals surface area contributed by atoms with Crippen LogP contribution < -0.4 is 10.9 Å². The number of rotatable bonds is 3. The molecule has 2 N–H and O–H groups in total. The van der Waals surface area contributed by atoms with Crippen molar-refractivity contribution in [1.82, 2.24) is 10.3 Å². The highest BCUT2D eigenvalue weighted by Gasteiger charge is 2.13. The maximum Gasteiger partial charge on any atom is 0.253 e. The Morgan fingerprint density at radius 1 is 1.41 bits per heavy atom. The molecule has 0 spiro atoms. The Kier molecular flexibility index (Phi) is 3.09. The maximum absolute atomic E-state index is 11.8. The largest absolute Gasteiger partial charge is 0.467 e. The minimum Gasteiger partial charge on any atom is -0.467 e. The molecular weight excluding hydrogens is 220 g/mol. The zero-order chi connectivity index (χ0) is 12.3. The Morgan fingerprint density at radius 3 is 2.82 bits per heavy atom. The smallest absolute Gasteiger partial charge is 0.253 e. The molecule has 2 aromatic heterocycles. The molecular formula is C12H12N2O3. The van der Waals surface area contributed by atoms with Crippen molar-refractivity contribution in [2.45, 2.75) is 13.0 Å². The molecule has 2 aromatic rings. The Hall–Kier alpha value is -2.30. The van der Waals surface area contributed by atoms with Gasteiger partial charge in [0.1, 0.15) is 5.76 Å². The second-order valence-electron chi connectivity index (χ2n) is 3.65. The Balaban J connectivity index is 2.07. The molecule has 0 aliphatic carbocycles. The van der Waals surface area contributed by atoms with Gasteiger partial charge in [-0.15, -0.1) is 0 Å². The summed E-state index contributed by atoms with van der Waals surface area (Å²) in [5, 5.41) is 2.76. The molecule has 1 atom stereocenters. The number of amides is 1. The van der Waals surface area contributed by atoms with E-state index in [1.165, 1.54) is 18.3 Å². The van der Waals surface area contributed by atoms with Crippen LogP contribution in [0, 0.1) is 0 Å². The van der Waals surface area contributed by atoms with Crippen LogP contribution in [0.1, 0.15) is 29.1 Å². The molecule has 0 bridgehead atoms. The van der Waals surface area contributed by atoms with E-state index in [0.29, 0.717) is 11.3 Å². The van der Waals surface area contributed by atoms with E-state index in [-0.39, 0.29) is 17.5 Å². The fourth-order valence-electron chi connectivity index (χ4n) is 1.44. The standard InChI is InChI=1S/C12H12N2O3/c1-8(10-3-2-6-17-10)14-12(16)9-4-5-11(15)13-7-9/h2-8H,1H3,(H,13,15)(H,14,16)/t8-/m0/s1. The average Bonchev–Trinajstić information content (AvgIpc) is 2.83. The highest BCUT2D eigenvalue weighted by atomic mass is 16.3. The Bertz CT molecular complexity index is 537. The third-order valence-corrected chi connectivity index (χ3v) is 2.36. The summed E-state index contributed by atoms with van der Waals surface area (Å²) in [5.41, 5.74) is 0.170. The van der Waals surface area contributed by atoms with E-state index in [1.807, 2.05) is 6.92 Å². The van der Waals surface area contributed by atoms with E-state index in [0.717, 1.165) is 0 Å². The van der Waals surface area contributed by atoms with E-state index in [4.69, 9.17) is 4.42 Å². The minimum atomic E-state index is -0.259. The van der Waals surface area contributed by atoms with Crippen LogP contribution >= 0.6 is 0 Å². The van der Waals surface area contributed by atoms with Crippen molar-refractivity contribution in [1.29, 1.82) is 0 Å². The van der Waals surface area contributed by atoms with Crippen LogP contribution in [-0.4, -0.2) is 10.9 Å². The number of pyridine rings is 1. The Morgan fingerprint density at radius 2 is 2.24 bits per heavy atom. The summed E-state index contributed by atoms with van der Waals surface area (Å²) in [6.07, 6.45) is 2.94. The van der Waals surface area contributed by atoms with E-state index < -0.39 is 0 Å². The lowest BCUT2D eigenvalue weighted by atomic mass is 10.2. The first-order valence-electron chi connectivity index (χ1n) is 5.20. The highest BCUT2D eigenvalue weighted by Crippen LogP contribution is 2.12. The van der Waals surface area contributed by atoms with Gasteiger partial charge in [0, 0.05) is 12.3 Å². The predicted molar refractivity (Wildman–Crippen MR) is 61.7 cm³/mol. The minimum absolute atomic E-state index is 0.218. The lowest BCUT2D eigenvalue weighted by Gasteiger charge is -2.10. The van der Waals surface area contributed by atoms with Crippen LogP contribution in [0.25, 0.3) is 0 Å². The van der Waals surface area contributed by atoms with Crippen molar-refractivity contribution < 1.29 is 9.21 Å². The second kappa shape index (κ2) is 4.69. The first-order chi connectivity index (χ1) is 8.16. The molecule has 88 valence electrons. The summed E-state index contributed by atoms with van der Waals surface area (Å²) in [4.78, 5) is 25.1. The van der Waals surface area contributed by atoms with Crippen LogP contribution in [0.2, 0.25) is 0 Å². The molecule has 0 radical (unpaired) electrons. The van der Waals surface area contributed by atoms with Gasteiger partial charge < -0.3 is 14.7 Å². The van der Waals surface area contributed by atoms with Gasteiger partial charge in [-0.25, -0.2) is 0 Å². The zero-order valence-electron chi connectivity index (χ0n) is 9.27. The lowest BCUT2D eigenvalue weighted by Crippen LogP contribution is -2.26. The zero-order valence-corrected chi connectivity index (χ0v) is 9.27. The molecule has 0 unspecified atom stereocenters. The van der Waals surface area contributed by atoms with Gasteiger partial charge in [-0.05, 0) is 25.1 Å². The van der Waals surface area contributed by atoms with Crippen LogP contribution in [0.3, 0.4) is 0 Å². The van der Waals surface area contributed by atoms with Crippen molar-refractivity contribution in [2.75, 3.05) is 0 Å². The maximum atomic E-state index is 11.8. The number of hydrogen-bond acceptors (Lipinski definition) is 3. The van der Waals surface area contributed by atoms with Crippen LogP contribution in [0.15, 0.2) is 45.9 Å². The normalized spacial score (nSPS) is 12.1. The van der Waals surface area contributed by atoms with E-state index in [9.17, 15) is 9.59 Å². The van der Waals surface area contributed by atoms with Gasteiger partial charge in [0.2, 0.25) is 5.56 Å². The monoisotopic (exact) mass is 232 g/mol. The molecule has 5 nitrogen and oxygen atoms in total. The number of aromatic nitrogens is 1. The fraction of sp³-hybridized carbons (Fsp3) is 0.167. The SMILES string of the molecule is C[C@H](NC(=O)c1ccc(=O)[nH]c1)c1ccco1. The number of furan rings is 1. The van der Waals surface area contributed by atoms with Gasteiger partial charge in [-0.1, -0.05) is 0 Å². The number of carbonyl (C=O) groups is 1. The van der Waals surface area contributed by atoms with Gasteiger partial charge in [0.25, 0.3) is 5.91 Å². The predicted octanol–water partition coefficient (Wildman–Crippen LogP) is 1.46. The van der Waals surface area contributed by atoms with Gasteiger partial charge >= 0.3 is 0 Å². The van der Waals surface area contributed by atoms with Crippen LogP contribution in [0.5, 0.6) is 0 Å². The van der Waals surface area contributed by atoms with Gasteiger partial charge in [0.05, 0.1) is 17.9 Å². The molecule has 0 aliphatic heterocycles. The number of nitrogens with one attached hydrogen (secondary N) is 2. The highest BCUT2D eigenvalue weighted by molar-refractivity contribution is 5.93. The van der Waals surface area contributed by atoms with Crippen molar-refractivity contribution in [3.8, 4) is 0 Å². The molecule has 0 aromatic carbocycles. The lowest BCUT2D eigenvalue weighted by molar-refractivity contribution is 0.0935. The summed E-state index contributed by atoms with van der Waals surface area (Å²) < 4.78 is 5.18. The van der Waals surface area contributed by atoms with Gasteiger partial charge in [0.15, 0.2) is 0 Å². The number of carbonyl (C=O) groups excluding carboxylic acids is 1. The first-order valence-corrected chi connectivity index (χ1v) is 5.20. The first kappa shape index (κ1) is 11.2. The number of H-pyrrole nitrogens is 1. The van der Waals surface area contributed by atoms with Crippen LogP contribution in [-0.2, 0) is 0 Å². The summed E-state index contributed by atoms with van der Waals surface area (Å²) in [6, 6.07) is 6.12. The Labute approximate surface area is 97.5 Å². The van der Waals surface area contributed by atoms with E-state index in [1.54, 1.807) is 18.4 Å². The second-order valence-corrected chi connectivity index (χ2v) is 3.65. The topological polar surface area (TPSA) is 75.1 Å². The summed E-state index contributed by atoms with van der Waals surface area (Å²) >= 11 is 0. The van der Waals surface area contributed by atoms with Crippen LogP contribution in [0.4, 0.5) is 0 Å². The van der Waals surface area contributed by atoms with Crippen molar-refractivity contribution in [3.63, 3.8) is 0 Å². The summed E-state index contributed by atoms with van der Waals surface area (Å²) in [5.74, 6) is 0.424. The average molecular weight is 232 g/mol. The molecule has 2 rings (SSSR count). The van der Waals surface area contributed by atoms with Crippen molar-refractivity contribution in [3.05, 3.63) is 58.4 Å². The molecule has 2 heterocycles. The van der Waals surface area contributed by atoms with Gasteiger partial charge in [-0.2, -0.15) is 0 Å². The molecule has 0 saturated heterocycles. The quantitative estimate of drug-likeness (QED) is 0.841. The molecule has 5 heteroatoms. The third-order valence-electron chi connectivity index (χ3n) is 2.36. The molecule has 1 amide bonds. The summed E-state index contributed by atoms with van der Waals surface area (Å²) in [7, 11) is 0.